The molecule has 0 amide bonds. The highest BCUT2D eigenvalue weighted by atomic mass is 79.9. The van der Waals surface area contributed by atoms with Crippen LogP contribution >= 0.6 is 15.9 Å². The summed E-state index contributed by atoms with van der Waals surface area (Å²) in [6, 6.07) is 5.15. The summed E-state index contributed by atoms with van der Waals surface area (Å²) in [6.45, 7) is 4.23. The standard InChI is InChI=1S/C13H16BrFN2O/c1-9-7-17(5-4-13(9)16-18)8-10-2-3-11(14)6-12(10)15/h2-3,6,9,18H,4-5,7-8H2,1H3/b16-13+. The Balaban J connectivity index is 2.02. The molecule has 18 heavy (non-hydrogen) atoms. The molecule has 1 heterocycles. The van der Waals surface area contributed by atoms with Gasteiger partial charge in [-0.15, -0.1) is 0 Å². The van der Waals surface area contributed by atoms with Crippen LogP contribution in [0.4, 0.5) is 4.39 Å². The van der Waals surface area contributed by atoms with Crippen LogP contribution in [-0.2, 0) is 6.54 Å². The predicted molar refractivity (Wildman–Crippen MR) is 72.4 cm³/mol. The van der Waals surface area contributed by atoms with Crippen LogP contribution in [0.2, 0.25) is 0 Å². The van der Waals surface area contributed by atoms with E-state index in [1.807, 2.05) is 13.0 Å². The van der Waals surface area contributed by atoms with Gasteiger partial charge in [-0.05, 0) is 12.1 Å². The molecule has 1 N–H and O–H groups in total. The lowest BCUT2D eigenvalue weighted by Crippen LogP contribution is -2.39. The molecule has 98 valence electrons. The van der Waals surface area contributed by atoms with E-state index >= 15 is 0 Å². The smallest absolute Gasteiger partial charge is 0.128 e. The van der Waals surface area contributed by atoms with Crippen molar-refractivity contribution in [2.75, 3.05) is 13.1 Å². The number of piperidine rings is 1. The minimum Gasteiger partial charge on any atom is -0.411 e. The maximum atomic E-state index is 13.7. The summed E-state index contributed by atoms with van der Waals surface area (Å²) >= 11 is 3.25. The number of hydrogen-bond donors (Lipinski definition) is 1. The summed E-state index contributed by atoms with van der Waals surface area (Å²) in [5, 5.41) is 12.1. The van der Waals surface area contributed by atoms with Gasteiger partial charge in [0.2, 0.25) is 0 Å². The normalized spacial score (nSPS) is 23.5. The number of benzene rings is 1. The van der Waals surface area contributed by atoms with Gasteiger partial charge in [0.25, 0.3) is 0 Å². The van der Waals surface area contributed by atoms with E-state index in [2.05, 4.69) is 26.0 Å². The summed E-state index contributed by atoms with van der Waals surface area (Å²) < 4.78 is 14.5. The third kappa shape index (κ3) is 3.09. The van der Waals surface area contributed by atoms with Crippen molar-refractivity contribution in [3.8, 4) is 0 Å². The number of likely N-dealkylation sites (tertiary alicyclic amines) is 1. The van der Waals surface area contributed by atoms with Gasteiger partial charge in [0.05, 0.1) is 5.71 Å². The minimum absolute atomic E-state index is 0.182. The Morgan fingerprint density at radius 3 is 2.94 bits per heavy atom. The fraction of sp³-hybridized carbons (Fsp3) is 0.462. The Labute approximate surface area is 114 Å². The highest BCUT2D eigenvalue weighted by molar-refractivity contribution is 9.10. The summed E-state index contributed by atoms with van der Waals surface area (Å²) in [7, 11) is 0. The molecule has 1 atom stereocenters. The summed E-state index contributed by atoms with van der Waals surface area (Å²) in [4.78, 5) is 2.19. The lowest BCUT2D eigenvalue weighted by Gasteiger charge is -2.31. The van der Waals surface area contributed by atoms with Crippen LogP contribution in [0.25, 0.3) is 0 Å². The number of nitrogens with zero attached hydrogens (tertiary/aromatic N) is 2. The van der Waals surface area contributed by atoms with Gasteiger partial charge in [-0.2, -0.15) is 0 Å². The third-order valence-corrected chi connectivity index (χ3v) is 3.82. The Morgan fingerprint density at radius 1 is 1.56 bits per heavy atom. The van der Waals surface area contributed by atoms with Gasteiger partial charge >= 0.3 is 0 Å². The summed E-state index contributed by atoms with van der Waals surface area (Å²) in [6.07, 6.45) is 0.746. The van der Waals surface area contributed by atoms with Gasteiger partial charge in [-0.25, -0.2) is 4.39 Å². The molecule has 1 aliphatic rings. The first-order chi connectivity index (χ1) is 8.60. The van der Waals surface area contributed by atoms with Gasteiger partial charge in [0.15, 0.2) is 0 Å². The summed E-state index contributed by atoms with van der Waals surface area (Å²) in [5.41, 5.74) is 1.54. The van der Waals surface area contributed by atoms with Crippen molar-refractivity contribution in [3.63, 3.8) is 0 Å². The fourth-order valence-electron chi connectivity index (χ4n) is 2.29. The van der Waals surface area contributed by atoms with Crippen molar-refractivity contribution in [1.82, 2.24) is 4.90 Å². The van der Waals surface area contributed by atoms with Crippen LogP contribution in [-0.4, -0.2) is 28.9 Å². The van der Waals surface area contributed by atoms with E-state index in [0.29, 0.717) is 12.1 Å². The number of halogens is 2. The molecular formula is C13H16BrFN2O. The molecular weight excluding hydrogens is 299 g/mol. The van der Waals surface area contributed by atoms with E-state index in [9.17, 15) is 4.39 Å². The second kappa shape index (κ2) is 5.80. The predicted octanol–water partition coefficient (Wildman–Crippen LogP) is 3.26. The van der Waals surface area contributed by atoms with Crippen molar-refractivity contribution in [1.29, 1.82) is 0 Å². The second-order valence-corrected chi connectivity index (χ2v) is 5.63. The first-order valence-electron chi connectivity index (χ1n) is 5.97. The molecule has 1 unspecified atom stereocenters. The largest absolute Gasteiger partial charge is 0.411 e. The zero-order valence-corrected chi connectivity index (χ0v) is 11.8. The monoisotopic (exact) mass is 314 g/mol. The lowest BCUT2D eigenvalue weighted by atomic mass is 9.97. The Kier molecular flexibility index (Phi) is 4.35. The minimum atomic E-state index is -0.182. The first kappa shape index (κ1) is 13.5. The molecule has 1 saturated heterocycles. The molecule has 1 aliphatic heterocycles. The molecule has 0 radical (unpaired) electrons. The fourth-order valence-corrected chi connectivity index (χ4v) is 2.62. The molecule has 3 nitrogen and oxygen atoms in total. The van der Waals surface area contributed by atoms with Crippen molar-refractivity contribution in [3.05, 3.63) is 34.1 Å². The number of rotatable bonds is 2. The van der Waals surface area contributed by atoms with E-state index < -0.39 is 0 Å². The van der Waals surface area contributed by atoms with Crippen molar-refractivity contribution in [2.24, 2.45) is 11.1 Å². The Morgan fingerprint density at radius 2 is 2.33 bits per heavy atom. The maximum Gasteiger partial charge on any atom is 0.128 e. The van der Waals surface area contributed by atoms with Crippen LogP contribution < -0.4 is 0 Å². The topological polar surface area (TPSA) is 35.8 Å². The second-order valence-electron chi connectivity index (χ2n) is 4.71. The van der Waals surface area contributed by atoms with Gasteiger partial charge in [0.1, 0.15) is 5.82 Å². The highest BCUT2D eigenvalue weighted by Crippen LogP contribution is 2.20. The van der Waals surface area contributed by atoms with E-state index in [0.717, 1.165) is 29.7 Å². The molecule has 0 spiro atoms. The lowest BCUT2D eigenvalue weighted by molar-refractivity contribution is 0.226. The Hall–Kier alpha value is -0.940. The molecule has 1 aromatic rings. The van der Waals surface area contributed by atoms with Crippen LogP contribution in [0, 0.1) is 11.7 Å². The van der Waals surface area contributed by atoms with Crippen LogP contribution in [0.5, 0.6) is 0 Å². The molecule has 0 aromatic heterocycles. The van der Waals surface area contributed by atoms with E-state index in [4.69, 9.17) is 5.21 Å². The summed E-state index contributed by atoms with van der Waals surface area (Å²) in [5.74, 6) is 0.0425. The molecule has 1 aromatic carbocycles. The average Bonchev–Trinajstić information content (AvgIpc) is 2.33. The average molecular weight is 315 g/mol. The number of oxime groups is 1. The number of hydrogen-bond acceptors (Lipinski definition) is 3. The van der Waals surface area contributed by atoms with Crippen molar-refractivity contribution in [2.45, 2.75) is 19.9 Å². The van der Waals surface area contributed by atoms with Gasteiger partial charge in [-0.1, -0.05) is 34.1 Å². The van der Waals surface area contributed by atoms with Crippen molar-refractivity contribution < 1.29 is 9.60 Å². The zero-order valence-electron chi connectivity index (χ0n) is 10.2. The van der Waals surface area contributed by atoms with Gasteiger partial charge < -0.3 is 5.21 Å². The third-order valence-electron chi connectivity index (χ3n) is 3.32. The molecule has 1 fully saturated rings. The quantitative estimate of drug-likeness (QED) is 0.672. The molecule has 5 heteroatoms. The zero-order chi connectivity index (χ0) is 13.1. The molecule has 0 aliphatic carbocycles. The van der Waals surface area contributed by atoms with Crippen LogP contribution in [0.1, 0.15) is 18.9 Å². The van der Waals surface area contributed by atoms with Gasteiger partial charge in [-0.3, -0.25) is 4.90 Å². The highest BCUT2D eigenvalue weighted by Gasteiger charge is 2.23. The Bertz CT molecular complexity index is 464. The van der Waals surface area contributed by atoms with E-state index in [-0.39, 0.29) is 11.7 Å². The van der Waals surface area contributed by atoms with Crippen LogP contribution in [0.3, 0.4) is 0 Å². The SMILES string of the molecule is CC1CN(Cc2ccc(Br)cc2F)CC/C1=N\O. The maximum absolute atomic E-state index is 13.7. The van der Waals surface area contributed by atoms with Crippen LogP contribution in [0.15, 0.2) is 27.8 Å². The molecule has 0 bridgehead atoms. The van der Waals surface area contributed by atoms with Crippen molar-refractivity contribution >= 4 is 21.6 Å². The van der Waals surface area contributed by atoms with Gasteiger partial charge in [0, 0.05) is 42.0 Å². The van der Waals surface area contributed by atoms with E-state index in [1.54, 1.807) is 6.07 Å². The first-order valence-corrected chi connectivity index (χ1v) is 6.76. The molecule has 2 rings (SSSR count). The molecule has 0 saturated carbocycles. The van der Waals surface area contributed by atoms with E-state index in [1.165, 1.54) is 6.07 Å².